The summed E-state index contributed by atoms with van der Waals surface area (Å²) in [5, 5.41) is 3.08. The van der Waals surface area contributed by atoms with E-state index in [2.05, 4.69) is 79.3 Å². The molecule has 0 N–H and O–H groups in total. The maximum absolute atomic E-state index is 5.03. The summed E-state index contributed by atoms with van der Waals surface area (Å²) >= 11 is 0. The van der Waals surface area contributed by atoms with Gasteiger partial charge < -0.3 is 4.90 Å². The molecule has 0 amide bonds. The first kappa shape index (κ1) is 23.5. The van der Waals surface area contributed by atoms with Crippen molar-refractivity contribution in [2.75, 3.05) is 19.6 Å². The van der Waals surface area contributed by atoms with Gasteiger partial charge in [-0.25, -0.2) is 0 Å². The fourth-order valence-electron chi connectivity index (χ4n) is 4.42. The number of aliphatic imine (C=N–C) groups is 1. The summed E-state index contributed by atoms with van der Waals surface area (Å²) in [6, 6.07) is 5.02. The Morgan fingerprint density at radius 2 is 1.33 bits per heavy atom. The Balaban J connectivity index is 2.29. The molecule has 0 saturated carbocycles. The third-order valence-electron chi connectivity index (χ3n) is 6.34. The molecule has 2 aliphatic heterocycles. The van der Waals surface area contributed by atoms with Crippen molar-refractivity contribution in [2.45, 2.75) is 104 Å². The van der Waals surface area contributed by atoms with E-state index in [0.29, 0.717) is 0 Å². The first-order valence-electron chi connectivity index (χ1n) is 11.9. The molecule has 3 heteroatoms. The van der Waals surface area contributed by atoms with Gasteiger partial charge in [-0.1, -0.05) is 82.7 Å². The lowest BCUT2D eigenvalue weighted by Gasteiger charge is -2.33. The van der Waals surface area contributed by atoms with Crippen LogP contribution in [0, 0.1) is 0 Å². The van der Waals surface area contributed by atoms with Crippen LogP contribution in [0.15, 0.2) is 17.1 Å². The van der Waals surface area contributed by atoms with Crippen molar-refractivity contribution in [3.8, 4) is 0 Å². The number of hydrogen-bond acceptors (Lipinski definition) is 2. The molecular formula is C27H43N2P. The fourth-order valence-corrected chi connectivity index (χ4v) is 6.32. The van der Waals surface area contributed by atoms with Crippen molar-refractivity contribution in [3.63, 3.8) is 0 Å². The van der Waals surface area contributed by atoms with Gasteiger partial charge in [0.15, 0.2) is 0 Å². The molecule has 2 aliphatic rings. The molecule has 1 aromatic rings. The lowest BCUT2D eigenvalue weighted by molar-refractivity contribution is 0.395. The van der Waals surface area contributed by atoms with E-state index in [1.165, 1.54) is 74.8 Å². The Labute approximate surface area is 187 Å². The first-order chi connectivity index (χ1) is 13.8. The van der Waals surface area contributed by atoms with Gasteiger partial charge in [0.25, 0.3) is 0 Å². The highest BCUT2D eigenvalue weighted by Crippen LogP contribution is 2.36. The van der Waals surface area contributed by atoms with Crippen LogP contribution in [0.3, 0.4) is 0 Å². The third kappa shape index (κ3) is 5.18. The van der Waals surface area contributed by atoms with E-state index in [4.69, 9.17) is 4.99 Å². The van der Waals surface area contributed by atoms with E-state index in [-0.39, 0.29) is 16.2 Å². The minimum Gasteiger partial charge on any atom is -0.356 e. The van der Waals surface area contributed by atoms with Crippen molar-refractivity contribution in [3.05, 3.63) is 28.8 Å². The van der Waals surface area contributed by atoms with Crippen LogP contribution in [0.25, 0.3) is 0 Å². The molecule has 0 bridgehead atoms. The number of fused-ring (bicyclic) bond motifs is 1. The molecule has 3 rings (SSSR count). The summed E-state index contributed by atoms with van der Waals surface area (Å²) in [4.78, 5) is 7.59. The average Bonchev–Trinajstić information content (AvgIpc) is 2.81. The Bertz CT molecular complexity index is 806. The second kappa shape index (κ2) is 8.42. The van der Waals surface area contributed by atoms with Gasteiger partial charge in [-0.15, -0.1) is 0 Å². The number of nitrogens with zero attached hydrogens (tertiary/aromatic N) is 2. The summed E-state index contributed by atoms with van der Waals surface area (Å²) in [7, 11) is 1.38. The third-order valence-corrected chi connectivity index (χ3v) is 7.73. The number of amidine groups is 1. The Morgan fingerprint density at radius 1 is 0.767 bits per heavy atom. The van der Waals surface area contributed by atoms with Crippen LogP contribution in [0.5, 0.6) is 0 Å². The van der Waals surface area contributed by atoms with E-state index < -0.39 is 0 Å². The van der Waals surface area contributed by atoms with E-state index >= 15 is 0 Å². The molecule has 0 atom stereocenters. The minimum absolute atomic E-state index is 0.114. The predicted octanol–water partition coefficient (Wildman–Crippen LogP) is 6.61. The summed E-state index contributed by atoms with van der Waals surface area (Å²) in [6.07, 6.45) is 4.96. The van der Waals surface area contributed by atoms with Crippen LogP contribution < -0.4 is 5.30 Å². The molecule has 2 heterocycles. The van der Waals surface area contributed by atoms with Crippen molar-refractivity contribution in [1.82, 2.24) is 4.90 Å². The molecule has 1 saturated heterocycles. The standard InChI is InChI=1S/C27H43N2P/c1-25(2,3)19-17-20(26(4,5)6)23(21(18-19)27(7,8)9)30-22-13-10-11-15-29-16-12-14-28-24(22)29/h17-18H,10-16H2,1-9H3. The smallest absolute Gasteiger partial charge is 0.131 e. The highest BCUT2D eigenvalue weighted by atomic mass is 31.1. The highest BCUT2D eigenvalue weighted by Gasteiger charge is 2.30. The van der Waals surface area contributed by atoms with Gasteiger partial charge in [0.2, 0.25) is 0 Å². The second-order valence-electron chi connectivity index (χ2n) is 12.2. The normalized spacial score (nSPS) is 20.1. The largest absolute Gasteiger partial charge is 0.356 e. The molecule has 0 aliphatic carbocycles. The Kier molecular flexibility index (Phi) is 6.60. The molecule has 2 nitrogen and oxygen atoms in total. The minimum atomic E-state index is 0.114. The number of hydrogen-bond donors (Lipinski definition) is 0. The molecule has 1 aromatic carbocycles. The number of rotatable bonds is 1. The zero-order valence-electron chi connectivity index (χ0n) is 20.9. The van der Waals surface area contributed by atoms with Crippen LogP contribution in [-0.4, -0.2) is 35.7 Å². The van der Waals surface area contributed by atoms with E-state index in [9.17, 15) is 0 Å². The van der Waals surface area contributed by atoms with Crippen molar-refractivity contribution >= 4 is 24.6 Å². The average molecular weight is 427 g/mol. The van der Waals surface area contributed by atoms with Gasteiger partial charge in [-0.05, 0) is 58.6 Å². The quantitative estimate of drug-likeness (QED) is 0.461. The highest BCUT2D eigenvalue weighted by molar-refractivity contribution is 7.52. The zero-order chi connectivity index (χ0) is 22.3. The van der Waals surface area contributed by atoms with Gasteiger partial charge in [0, 0.05) is 30.2 Å². The molecule has 0 aromatic heterocycles. The van der Waals surface area contributed by atoms with Crippen molar-refractivity contribution in [1.29, 1.82) is 0 Å². The molecule has 0 radical (unpaired) electrons. The molecule has 1 fully saturated rings. The molecular weight excluding hydrogens is 383 g/mol. The Morgan fingerprint density at radius 3 is 1.87 bits per heavy atom. The SMILES string of the molecule is CC(C)(C)c1cc(C(C)(C)C)c(P=C2CCCCN3CCCN=C23)c(C(C)(C)C)c1. The first-order valence-corrected chi connectivity index (χ1v) is 12.7. The summed E-state index contributed by atoms with van der Waals surface area (Å²) < 4.78 is 0. The van der Waals surface area contributed by atoms with Gasteiger partial charge in [0.05, 0.1) is 0 Å². The molecule has 0 spiro atoms. The second-order valence-corrected chi connectivity index (χ2v) is 13.4. The maximum atomic E-state index is 5.03. The fraction of sp³-hybridized carbons (Fsp3) is 0.704. The van der Waals surface area contributed by atoms with Gasteiger partial charge in [-0.2, -0.15) is 0 Å². The van der Waals surface area contributed by atoms with Crippen molar-refractivity contribution in [2.24, 2.45) is 4.99 Å². The van der Waals surface area contributed by atoms with Gasteiger partial charge in [0.1, 0.15) is 5.84 Å². The summed E-state index contributed by atoms with van der Waals surface area (Å²) in [5.41, 5.74) is 4.86. The van der Waals surface area contributed by atoms with E-state index in [1.54, 1.807) is 5.29 Å². The van der Waals surface area contributed by atoms with Crippen LogP contribution in [0.4, 0.5) is 0 Å². The predicted molar refractivity (Wildman–Crippen MR) is 136 cm³/mol. The van der Waals surface area contributed by atoms with Gasteiger partial charge >= 0.3 is 0 Å². The monoisotopic (exact) mass is 426 g/mol. The Hall–Kier alpha value is -1.14. The maximum Gasteiger partial charge on any atom is 0.131 e. The van der Waals surface area contributed by atoms with Crippen LogP contribution in [0.2, 0.25) is 0 Å². The molecule has 30 heavy (non-hydrogen) atoms. The lowest BCUT2D eigenvalue weighted by Crippen LogP contribution is -2.39. The topological polar surface area (TPSA) is 15.6 Å². The van der Waals surface area contributed by atoms with Crippen molar-refractivity contribution < 1.29 is 0 Å². The molecule has 166 valence electrons. The van der Waals surface area contributed by atoms with Crippen LogP contribution in [0.1, 0.15) is 105 Å². The molecule has 0 unspecified atom stereocenters. The van der Waals surface area contributed by atoms with Crippen LogP contribution in [-0.2, 0) is 16.2 Å². The summed E-state index contributed by atoms with van der Waals surface area (Å²) in [6.45, 7) is 24.6. The summed E-state index contributed by atoms with van der Waals surface area (Å²) in [5.74, 6) is 1.32. The zero-order valence-corrected chi connectivity index (χ0v) is 21.8. The van der Waals surface area contributed by atoms with Gasteiger partial charge in [-0.3, -0.25) is 4.99 Å². The number of benzene rings is 1. The van der Waals surface area contributed by atoms with E-state index in [1.807, 2.05) is 0 Å². The lowest BCUT2D eigenvalue weighted by atomic mass is 9.75. The van der Waals surface area contributed by atoms with E-state index in [0.717, 1.165) is 6.54 Å². The van der Waals surface area contributed by atoms with Crippen LogP contribution >= 0.6 is 8.20 Å².